The molecule has 0 spiro atoms. The minimum atomic E-state index is -0.395. The third-order valence-corrected chi connectivity index (χ3v) is 4.44. The summed E-state index contributed by atoms with van der Waals surface area (Å²) in [5.74, 6) is 0.985. The zero-order valence-corrected chi connectivity index (χ0v) is 11.6. The molecule has 0 radical (unpaired) electrons. The zero-order chi connectivity index (χ0) is 13.3. The van der Waals surface area contributed by atoms with E-state index >= 15 is 0 Å². The van der Waals surface area contributed by atoms with Crippen LogP contribution in [0.15, 0.2) is 9.59 Å². The molecule has 1 fully saturated rings. The van der Waals surface area contributed by atoms with Crippen LogP contribution in [-0.4, -0.2) is 9.55 Å². The molecule has 100 valence electrons. The van der Waals surface area contributed by atoms with Gasteiger partial charge >= 0.3 is 5.69 Å². The van der Waals surface area contributed by atoms with E-state index in [4.69, 9.17) is 11.6 Å². The third kappa shape index (κ3) is 2.53. The molecular weight excluding hydrogens is 252 g/mol. The SMILES string of the molecule is Cc1c(Cl)[nH]c(=O)n(CC2CCCCC2C)c1=O. The Morgan fingerprint density at radius 2 is 2.00 bits per heavy atom. The molecule has 18 heavy (non-hydrogen) atoms. The van der Waals surface area contributed by atoms with E-state index in [0.29, 0.717) is 23.9 Å². The maximum atomic E-state index is 12.0. The van der Waals surface area contributed by atoms with E-state index in [9.17, 15) is 9.59 Å². The molecule has 4 nitrogen and oxygen atoms in total. The predicted octanol–water partition coefficient (Wildman–Crippen LogP) is 2.32. The van der Waals surface area contributed by atoms with Gasteiger partial charge in [-0.05, 0) is 25.2 Å². The molecule has 1 heterocycles. The first kappa shape index (κ1) is 13.4. The van der Waals surface area contributed by atoms with Gasteiger partial charge < -0.3 is 0 Å². The van der Waals surface area contributed by atoms with Crippen molar-refractivity contribution in [3.05, 3.63) is 31.6 Å². The zero-order valence-electron chi connectivity index (χ0n) is 10.8. The lowest BCUT2D eigenvalue weighted by molar-refractivity contribution is 0.224. The fourth-order valence-corrected chi connectivity index (χ4v) is 2.87. The van der Waals surface area contributed by atoms with E-state index in [-0.39, 0.29) is 10.7 Å². The maximum absolute atomic E-state index is 12.0. The summed E-state index contributed by atoms with van der Waals surface area (Å²) in [6.45, 7) is 4.35. The average Bonchev–Trinajstić information content (AvgIpc) is 2.34. The number of rotatable bonds is 2. The third-order valence-electron chi connectivity index (χ3n) is 4.06. The minimum Gasteiger partial charge on any atom is -0.297 e. The molecule has 2 atom stereocenters. The van der Waals surface area contributed by atoms with Gasteiger partial charge in [-0.15, -0.1) is 0 Å². The minimum absolute atomic E-state index is 0.151. The van der Waals surface area contributed by atoms with Crippen LogP contribution in [-0.2, 0) is 6.54 Å². The monoisotopic (exact) mass is 270 g/mol. The number of aromatic amines is 1. The van der Waals surface area contributed by atoms with Crippen molar-refractivity contribution in [2.24, 2.45) is 11.8 Å². The van der Waals surface area contributed by atoms with Crippen molar-refractivity contribution >= 4 is 11.6 Å². The molecule has 0 saturated heterocycles. The van der Waals surface area contributed by atoms with Crippen molar-refractivity contribution in [1.29, 1.82) is 0 Å². The fraction of sp³-hybridized carbons (Fsp3) is 0.692. The maximum Gasteiger partial charge on any atom is 0.329 e. The summed E-state index contributed by atoms with van der Waals surface area (Å²) < 4.78 is 1.30. The van der Waals surface area contributed by atoms with Crippen molar-refractivity contribution < 1.29 is 0 Å². The van der Waals surface area contributed by atoms with E-state index in [1.165, 1.54) is 23.8 Å². The Morgan fingerprint density at radius 1 is 1.33 bits per heavy atom. The quantitative estimate of drug-likeness (QED) is 0.839. The lowest BCUT2D eigenvalue weighted by Crippen LogP contribution is -2.40. The Morgan fingerprint density at radius 3 is 2.67 bits per heavy atom. The van der Waals surface area contributed by atoms with Crippen molar-refractivity contribution in [3.8, 4) is 0 Å². The topological polar surface area (TPSA) is 54.9 Å². The molecule has 1 saturated carbocycles. The first-order valence-electron chi connectivity index (χ1n) is 6.50. The first-order chi connectivity index (χ1) is 8.50. The summed E-state index contributed by atoms with van der Waals surface area (Å²) >= 11 is 5.79. The summed E-state index contributed by atoms with van der Waals surface area (Å²) in [5.41, 5.74) is -0.241. The normalized spacial score (nSPS) is 24.2. The molecule has 0 aromatic carbocycles. The van der Waals surface area contributed by atoms with Gasteiger partial charge in [0, 0.05) is 12.1 Å². The van der Waals surface area contributed by atoms with Crippen LogP contribution in [0.1, 0.15) is 38.2 Å². The molecule has 1 aliphatic carbocycles. The van der Waals surface area contributed by atoms with E-state index in [1.54, 1.807) is 6.92 Å². The number of nitrogens with zero attached hydrogens (tertiary/aromatic N) is 1. The number of hydrogen-bond donors (Lipinski definition) is 1. The molecule has 0 bridgehead atoms. The molecule has 0 aliphatic heterocycles. The second kappa shape index (κ2) is 5.31. The van der Waals surface area contributed by atoms with Gasteiger partial charge in [-0.25, -0.2) is 4.79 Å². The van der Waals surface area contributed by atoms with Crippen LogP contribution in [0.3, 0.4) is 0 Å². The van der Waals surface area contributed by atoms with E-state index in [0.717, 1.165) is 6.42 Å². The molecular formula is C13H19ClN2O2. The summed E-state index contributed by atoms with van der Waals surface area (Å²) in [6.07, 6.45) is 4.72. The van der Waals surface area contributed by atoms with Gasteiger partial charge in [0.25, 0.3) is 5.56 Å². The smallest absolute Gasteiger partial charge is 0.297 e. The van der Waals surface area contributed by atoms with Gasteiger partial charge in [0.15, 0.2) is 0 Å². The van der Waals surface area contributed by atoms with E-state index in [1.807, 2.05) is 0 Å². The van der Waals surface area contributed by atoms with Crippen LogP contribution in [0.25, 0.3) is 0 Å². The largest absolute Gasteiger partial charge is 0.329 e. The van der Waals surface area contributed by atoms with Crippen molar-refractivity contribution in [1.82, 2.24) is 9.55 Å². The first-order valence-corrected chi connectivity index (χ1v) is 6.87. The fourth-order valence-electron chi connectivity index (χ4n) is 2.71. The summed E-state index contributed by atoms with van der Waals surface area (Å²) in [4.78, 5) is 26.4. The molecule has 1 N–H and O–H groups in total. The highest BCUT2D eigenvalue weighted by atomic mass is 35.5. The highest BCUT2D eigenvalue weighted by molar-refractivity contribution is 6.30. The lowest BCUT2D eigenvalue weighted by Gasteiger charge is -2.28. The van der Waals surface area contributed by atoms with Crippen molar-refractivity contribution in [2.45, 2.75) is 46.1 Å². The van der Waals surface area contributed by atoms with Crippen LogP contribution in [0.5, 0.6) is 0 Å². The van der Waals surface area contributed by atoms with E-state index in [2.05, 4.69) is 11.9 Å². The number of nitrogens with one attached hydrogen (secondary N) is 1. The molecule has 1 aliphatic rings. The standard InChI is InChI=1S/C13H19ClN2O2/c1-8-5-3-4-6-10(8)7-16-12(17)9(2)11(14)15-13(16)18/h8,10H,3-7H2,1-2H3,(H,15,18). The molecule has 0 amide bonds. The Hall–Kier alpha value is -1.03. The number of hydrogen-bond acceptors (Lipinski definition) is 2. The van der Waals surface area contributed by atoms with Crippen LogP contribution in [0.4, 0.5) is 0 Å². The molecule has 2 rings (SSSR count). The van der Waals surface area contributed by atoms with Crippen LogP contribution in [0, 0.1) is 18.8 Å². The molecule has 1 aromatic rings. The summed E-state index contributed by atoms with van der Waals surface area (Å²) in [7, 11) is 0. The molecule has 2 unspecified atom stereocenters. The van der Waals surface area contributed by atoms with Gasteiger partial charge in [0.2, 0.25) is 0 Å². The van der Waals surface area contributed by atoms with E-state index < -0.39 is 5.69 Å². The van der Waals surface area contributed by atoms with Crippen LogP contribution >= 0.6 is 11.6 Å². The van der Waals surface area contributed by atoms with Gasteiger partial charge in [0.1, 0.15) is 5.15 Å². The predicted molar refractivity (Wildman–Crippen MR) is 72.2 cm³/mol. The van der Waals surface area contributed by atoms with Crippen molar-refractivity contribution in [3.63, 3.8) is 0 Å². The van der Waals surface area contributed by atoms with Crippen molar-refractivity contribution in [2.75, 3.05) is 0 Å². The number of halogens is 1. The van der Waals surface area contributed by atoms with Gasteiger partial charge in [-0.2, -0.15) is 0 Å². The van der Waals surface area contributed by atoms with Crippen LogP contribution in [0.2, 0.25) is 5.15 Å². The Labute approximate surface area is 111 Å². The molecule has 5 heteroatoms. The van der Waals surface area contributed by atoms with Gasteiger partial charge in [-0.3, -0.25) is 14.3 Å². The summed E-state index contributed by atoms with van der Waals surface area (Å²) in [6, 6.07) is 0. The van der Waals surface area contributed by atoms with Gasteiger partial charge in [-0.1, -0.05) is 37.8 Å². The average molecular weight is 271 g/mol. The molecule has 1 aromatic heterocycles. The Kier molecular flexibility index (Phi) is 3.95. The number of H-pyrrole nitrogens is 1. The van der Waals surface area contributed by atoms with Gasteiger partial charge in [0.05, 0.1) is 0 Å². The second-order valence-electron chi connectivity index (χ2n) is 5.31. The number of aromatic nitrogens is 2. The summed E-state index contributed by atoms with van der Waals surface area (Å²) in [5, 5.41) is 0.151. The Bertz CT molecular complexity index is 547. The highest BCUT2D eigenvalue weighted by Crippen LogP contribution is 2.30. The van der Waals surface area contributed by atoms with Crippen LogP contribution < -0.4 is 11.2 Å². The second-order valence-corrected chi connectivity index (χ2v) is 5.68. The Balaban J connectivity index is 2.32. The highest BCUT2D eigenvalue weighted by Gasteiger charge is 2.23. The lowest BCUT2D eigenvalue weighted by atomic mass is 9.80.